The number of nitrogens with two attached hydrogens (primary N) is 2. The van der Waals surface area contributed by atoms with Crippen LogP contribution in [0.5, 0.6) is 0 Å². The molecule has 4 N–H and O–H groups in total. The molecular formula is C46H64N2. The molecule has 0 saturated heterocycles. The van der Waals surface area contributed by atoms with Gasteiger partial charge in [0.25, 0.3) is 0 Å². The van der Waals surface area contributed by atoms with E-state index < -0.39 is 0 Å². The Morgan fingerprint density at radius 1 is 0.396 bits per heavy atom. The molecule has 2 atom stereocenters. The van der Waals surface area contributed by atoms with Crippen LogP contribution in [0.1, 0.15) is 173 Å². The number of hydrogen-bond donors (Lipinski definition) is 2. The minimum atomic E-state index is 0.403. The summed E-state index contributed by atoms with van der Waals surface area (Å²) in [6.07, 6.45) is 17.6. The van der Waals surface area contributed by atoms with Crippen molar-refractivity contribution in [2.75, 3.05) is 11.5 Å². The third-order valence-corrected chi connectivity index (χ3v) is 10.6. The van der Waals surface area contributed by atoms with Crippen LogP contribution in [0, 0.1) is 13.8 Å². The lowest BCUT2D eigenvalue weighted by atomic mass is 9.81. The summed E-state index contributed by atoms with van der Waals surface area (Å²) in [5.74, 6) is 1.21. The van der Waals surface area contributed by atoms with Crippen LogP contribution in [0.15, 0.2) is 84.9 Å². The quantitative estimate of drug-likeness (QED) is 0.0743. The van der Waals surface area contributed by atoms with Gasteiger partial charge in [-0.25, -0.2) is 0 Å². The standard InChI is InChI=1S/C46H64N2/c1-6-9-12-15-18-45(42-30-28-40(47)32-34(42)4)38-24-20-36(21-25-38)44(17-14-11-8-3)37-22-26-39(27-23-37)46(19-16-13-10-7-2)43-31-29-41(48)33-35(43)5/h20-33,44-46H,6-19,47-48H2,1-5H3. The van der Waals surface area contributed by atoms with Crippen LogP contribution in [0.4, 0.5) is 11.4 Å². The summed E-state index contributed by atoms with van der Waals surface area (Å²) in [6.45, 7) is 11.3. The van der Waals surface area contributed by atoms with Gasteiger partial charge in [-0.05, 0) is 102 Å². The molecule has 4 aromatic carbocycles. The zero-order chi connectivity index (χ0) is 34.3. The van der Waals surface area contributed by atoms with Gasteiger partial charge in [-0.1, -0.05) is 152 Å². The van der Waals surface area contributed by atoms with Crippen molar-refractivity contribution in [2.24, 2.45) is 0 Å². The zero-order valence-corrected chi connectivity index (χ0v) is 30.9. The maximum absolute atomic E-state index is 6.16. The van der Waals surface area contributed by atoms with E-state index in [1.54, 1.807) is 0 Å². The van der Waals surface area contributed by atoms with E-state index in [1.807, 2.05) is 0 Å². The number of unbranched alkanes of at least 4 members (excludes halogenated alkanes) is 8. The minimum Gasteiger partial charge on any atom is -0.399 e. The molecule has 2 unspecified atom stereocenters. The van der Waals surface area contributed by atoms with Crippen molar-refractivity contribution in [3.63, 3.8) is 0 Å². The Kier molecular flexibility index (Phi) is 15.1. The molecule has 258 valence electrons. The van der Waals surface area contributed by atoms with Gasteiger partial charge in [0, 0.05) is 29.1 Å². The van der Waals surface area contributed by atoms with E-state index in [2.05, 4.69) is 120 Å². The number of benzene rings is 4. The van der Waals surface area contributed by atoms with Crippen LogP contribution < -0.4 is 11.5 Å². The number of nitrogen functional groups attached to an aromatic ring is 2. The molecule has 0 saturated carbocycles. The largest absolute Gasteiger partial charge is 0.399 e. The summed E-state index contributed by atoms with van der Waals surface area (Å²) < 4.78 is 0. The highest BCUT2D eigenvalue weighted by Crippen LogP contribution is 2.38. The Balaban J connectivity index is 1.62. The van der Waals surface area contributed by atoms with Gasteiger partial charge in [-0.2, -0.15) is 0 Å². The molecule has 0 radical (unpaired) electrons. The molecule has 0 bridgehead atoms. The first-order valence-electron chi connectivity index (χ1n) is 19.3. The van der Waals surface area contributed by atoms with Crippen molar-refractivity contribution < 1.29 is 0 Å². The third kappa shape index (κ3) is 10.5. The summed E-state index contributed by atoms with van der Waals surface area (Å²) >= 11 is 0. The SMILES string of the molecule is CCCCCCC(c1ccc(C(CCCCC)c2ccc(C(CCCCCC)c3ccc(N)cc3C)cc2)cc1)c1ccc(N)cc1C. The Morgan fingerprint density at radius 2 is 0.708 bits per heavy atom. The molecule has 0 aliphatic rings. The number of hydrogen-bond acceptors (Lipinski definition) is 2. The first kappa shape index (κ1) is 37.3. The first-order valence-corrected chi connectivity index (χ1v) is 19.3. The first-order chi connectivity index (χ1) is 23.4. The second kappa shape index (κ2) is 19.5. The van der Waals surface area contributed by atoms with E-state index in [0.717, 1.165) is 11.4 Å². The molecule has 0 amide bonds. The lowest BCUT2D eigenvalue weighted by Crippen LogP contribution is -2.07. The molecule has 0 spiro atoms. The van der Waals surface area contributed by atoms with E-state index >= 15 is 0 Å². The van der Waals surface area contributed by atoms with E-state index in [-0.39, 0.29) is 0 Å². The predicted molar refractivity (Wildman–Crippen MR) is 211 cm³/mol. The summed E-state index contributed by atoms with van der Waals surface area (Å²) in [7, 11) is 0. The van der Waals surface area contributed by atoms with Gasteiger partial charge in [0.1, 0.15) is 0 Å². The van der Waals surface area contributed by atoms with Gasteiger partial charge in [0.05, 0.1) is 0 Å². The van der Waals surface area contributed by atoms with Crippen LogP contribution in [0.3, 0.4) is 0 Å². The lowest BCUT2D eigenvalue weighted by molar-refractivity contribution is 0.593. The van der Waals surface area contributed by atoms with Crippen molar-refractivity contribution in [3.05, 3.63) is 129 Å². The van der Waals surface area contributed by atoms with Gasteiger partial charge in [0.2, 0.25) is 0 Å². The number of aryl methyl sites for hydroxylation is 2. The fourth-order valence-electron chi connectivity index (χ4n) is 7.78. The van der Waals surface area contributed by atoms with Crippen LogP contribution in [0.2, 0.25) is 0 Å². The average molecular weight is 645 g/mol. The van der Waals surface area contributed by atoms with Crippen LogP contribution >= 0.6 is 0 Å². The van der Waals surface area contributed by atoms with Gasteiger partial charge < -0.3 is 11.5 Å². The molecular weight excluding hydrogens is 581 g/mol. The fraction of sp³-hybridized carbons (Fsp3) is 0.478. The molecule has 48 heavy (non-hydrogen) atoms. The number of rotatable bonds is 20. The normalized spacial score (nSPS) is 13.4. The van der Waals surface area contributed by atoms with Gasteiger partial charge >= 0.3 is 0 Å². The average Bonchev–Trinajstić information content (AvgIpc) is 3.08. The van der Waals surface area contributed by atoms with Gasteiger partial charge in [-0.15, -0.1) is 0 Å². The maximum Gasteiger partial charge on any atom is 0.0316 e. The zero-order valence-electron chi connectivity index (χ0n) is 30.9. The topological polar surface area (TPSA) is 52.0 Å². The molecule has 0 aliphatic heterocycles. The van der Waals surface area contributed by atoms with E-state index in [1.165, 1.54) is 134 Å². The van der Waals surface area contributed by atoms with Crippen molar-refractivity contribution in [2.45, 2.75) is 142 Å². The van der Waals surface area contributed by atoms with Crippen LogP contribution in [0.25, 0.3) is 0 Å². The highest BCUT2D eigenvalue weighted by atomic mass is 14.5. The van der Waals surface area contributed by atoms with Crippen molar-refractivity contribution in [3.8, 4) is 0 Å². The highest BCUT2D eigenvalue weighted by molar-refractivity contribution is 5.50. The van der Waals surface area contributed by atoms with E-state index in [9.17, 15) is 0 Å². The summed E-state index contributed by atoms with van der Waals surface area (Å²) in [5.41, 5.74) is 25.2. The maximum atomic E-state index is 6.16. The van der Waals surface area contributed by atoms with Crippen LogP contribution in [-0.4, -0.2) is 0 Å². The molecule has 0 heterocycles. The van der Waals surface area contributed by atoms with E-state index in [4.69, 9.17) is 11.5 Å². The molecule has 0 aliphatic carbocycles. The molecule has 4 rings (SSSR count). The monoisotopic (exact) mass is 645 g/mol. The summed E-state index contributed by atoms with van der Waals surface area (Å²) in [6, 6.07) is 32.4. The molecule has 0 fully saturated rings. The van der Waals surface area contributed by atoms with Crippen molar-refractivity contribution in [1.29, 1.82) is 0 Å². The second-order valence-electron chi connectivity index (χ2n) is 14.4. The minimum absolute atomic E-state index is 0.403. The van der Waals surface area contributed by atoms with Crippen LogP contribution in [-0.2, 0) is 0 Å². The third-order valence-electron chi connectivity index (χ3n) is 10.6. The molecule has 2 heteroatoms. The molecule has 2 nitrogen and oxygen atoms in total. The van der Waals surface area contributed by atoms with Gasteiger partial charge in [-0.3, -0.25) is 0 Å². The fourth-order valence-corrected chi connectivity index (χ4v) is 7.78. The summed E-state index contributed by atoms with van der Waals surface area (Å²) in [4.78, 5) is 0. The van der Waals surface area contributed by atoms with Crippen molar-refractivity contribution in [1.82, 2.24) is 0 Å². The lowest BCUT2D eigenvalue weighted by Gasteiger charge is -2.24. The molecule has 4 aromatic rings. The highest BCUT2D eigenvalue weighted by Gasteiger charge is 2.21. The smallest absolute Gasteiger partial charge is 0.0316 e. The van der Waals surface area contributed by atoms with E-state index in [0.29, 0.717) is 17.8 Å². The molecule has 0 aromatic heterocycles. The Hall–Kier alpha value is -3.52. The number of anilines is 2. The van der Waals surface area contributed by atoms with Crippen molar-refractivity contribution >= 4 is 11.4 Å². The Labute approximate surface area is 293 Å². The predicted octanol–water partition coefficient (Wildman–Crippen LogP) is 13.4. The second-order valence-corrected chi connectivity index (χ2v) is 14.4. The Morgan fingerprint density at radius 3 is 1.06 bits per heavy atom. The van der Waals surface area contributed by atoms with Gasteiger partial charge in [0.15, 0.2) is 0 Å². The Bertz CT molecular complexity index is 1390. The summed E-state index contributed by atoms with van der Waals surface area (Å²) in [5, 5.41) is 0.